The maximum absolute atomic E-state index is 13.8. The minimum atomic E-state index is -3.90. The minimum absolute atomic E-state index is 0.194. The summed E-state index contributed by atoms with van der Waals surface area (Å²) in [5.74, 6) is -0.387. The second-order valence-electron chi connectivity index (χ2n) is 8.43. The van der Waals surface area contributed by atoms with Crippen molar-refractivity contribution in [3.05, 3.63) is 89.1 Å². The number of carbonyl (C=O) groups excluding carboxylic acids is 1. The van der Waals surface area contributed by atoms with E-state index in [1.54, 1.807) is 26.1 Å². The van der Waals surface area contributed by atoms with Gasteiger partial charge in [-0.05, 0) is 73.6 Å². The molecule has 4 aromatic rings. The van der Waals surface area contributed by atoms with Gasteiger partial charge in [-0.25, -0.2) is 8.42 Å². The number of benzene rings is 3. The molecule has 8 heteroatoms. The van der Waals surface area contributed by atoms with Crippen LogP contribution in [0.4, 0.5) is 5.69 Å². The molecular formula is C26H27N3O3S2. The lowest BCUT2D eigenvalue weighted by atomic mass is 10.1. The van der Waals surface area contributed by atoms with Gasteiger partial charge in [0, 0.05) is 23.8 Å². The molecule has 1 N–H and O–H groups in total. The molecule has 0 spiro atoms. The van der Waals surface area contributed by atoms with Crippen LogP contribution in [0.5, 0.6) is 0 Å². The monoisotopic (exact) mass is 493 g/mol. The summed E-state index contributed by atoms with van der Waals surface area (Å²) < 4.78 is 34.0. The zero-order valence-corrected chi connectivity index (χ0v) is 21.0. The molecule has 176 valence electrons. The molecule has 0 saturated heterocycles. The van der Waals surface area contributed by atoms with Gasteiger partial charge in [0.15, 0.2) is 0 Å². The summed E-state index contributed by atoms with van der Waals surface area (Å²) in [5.41, 5.74) is 3.98. The van der Waals surface area contributed by atoms with E-state index in [0.29, 0.717) is 23.2 Å². The molecule has 0 atom stereocenters. The van der Waals surface area contributed by atoms with Crippen molar-refractivity contribution < 1.29 is 13.2 Å². The molecule has 1 amide bonds. The first-order chi connectivity index (χ1) is 16.2. The van der Waals surface area contributed by atoms with Crippen molar-refractivity contribution in [3.8, 4) is 0 Å². The van der Waals surface area contributed by atoms with Crippen molar-refractivity contribution in [2.45, 2.75) is 32.1 Å². The number of nitrogens with one attached hydrogen (secondary N) is 1. The van der Waals surface area contributed by atoms with Crippen LogP contribution in [-0.2, 0) is 21.2 Å². The summed E-state index contributed by atoms with van der Waals surface area (Å²) in [7, 11) is -3.90. The molecule has 1 aromatic heterocycles. The van der Waals surface area contributed by atoms with Crippen LogP contribution in [0.15, 0.2) is 71.8 Å². The number of rotatable bonds is 8. The number of fused-ring (bicyclic) bond motifs is 1. The van der Waals surface area contributed by atoms with Crippen molar-refractivity contribution in [1.82, 2.24) is 8.68 Å². The Hall–Kier alpha value is -3.07. The van der Waals surface area contributed by atoms with Crippen molar-refractivity contribution >= 4 is 43.2 Å². The van der Waals surface area contributed by atoms with E-state index in [4.69, 9.17) is 0 Å². The highest BCUT2D eigenvalue weighted by atomic mass is 32.2. The molecule has 0 fully saturated rings. The van der Waals surface area contributed by atoms with Crippen LogP contribution in [0.25, 0.3) is 10.1 Å². The summed E-state index contributed by atoms with van der Waals surface area (Å²) in [6, 6.07) is 18.9. The SMILES string of the molecule is Cc1cc(C)c(S(=O)(=O)N(CCc2ccccc2)CC(=O)Nc2ccc3sncc3c2)c(C)c1. The van der Waals surface area contributed by atoms with Crippen LogP contribution in [0.2, 0.25) is 0 Å². The smallest absolute Gasteiger partial charge is 0.244 e. The fourth-order valence-electron chi connectivity index (χ4n) is 4.20. The van der Waals surface area contributed by atoms with Gasteiger partial charge in [-0.3, -0.25) is 4.79 Å². The first-order valence-corrected chi connectivity index (χ1v) is 13.2. The lowest BCUT2D eigenvalue weighted by Crippen LogP contribution is -2.39. The Bertz CT molecular complexity index is 1410. The molecule has 0 aliphatic heterocycles. The number of amides is 1. The van der Waals surface area contributed by atoms with Crippen LogP contribution in [0.3, 0.4) is 0 Å². The summed E-state index contributed by atoms with van der Waals surface area (Å²) in [6.45, 7) is 5.46. The van der Waals surface area contributed by atoms with E-state index >= 15 is 0 Å². The van der Waals surface area contributed by atoms with Crippen LogP contribution < -0.4 is 5.32 Å². The molecule has 34 heavy (non-hydrogen) atoms. The highest BCUT2D eigenvalue weighted by Gasteiger charge is 2.29. The first kappa shape index (κ1) is 24.1. The maximum Gasteiger partial charge on any atom is 0.244 e. The van der Waals surface area contributed by atoms with Gasteiger partial charge in [0.2, 0.25) is 15.9 Å². The topological polar surface area (TPSA) is 79.4 Å². The Morgan fingerprint density at radius 1 is 1.00 bits per heavy atom. The zero-order chi connectivity index (χ0) is 24.3. The van der Waals surface area contributed by atoms with Gasteiger partial charge >= 0.3 is 0 Å². The molecule has 4 rings (SSSR count). The number of sulfonamides is 1. The molecular weight excluding hydrogens is 466 g/mol. The predicted molar refractivity (Wildman–Crippen MR) is 138 cm³/mol. The fourth-order valence-corrected chi connectivity index (χ4v) is 6.63. The number of hydrogen-bond donors (Lipinski definition) is 1. The van der Waals surface area contributed by atoms with E-state index in [9.17, 15) is 13.2 Å². The number of aryl methyl sites for hydroxylation is 3. The van der Waals surface area contributed by atoms with Gasteiger partial charge in [0.1, 0.15) is 0 Å². The Balaban J connectivity index is 1.61. The molecule has 3 aromatic carbocycles. The second kappa shape index (κ2) is 10.0. The lowest BCUT2D eigenvalue weighted by molar-refractivity contribution is -0.116. The molecule has 0 radical (unpaired) electrons. The van der Waals surface area contributed by atoms with Gasteiger partial charge in [0.05, 0.1) is 16.1 Å². The van der Waals surface area contributed by atoms with Crippen molar-refractivity contribution in [2.24, 2.45) is 0 Å². The molecule has 0 bridgehead atoms. The van der Waals surface area contributed by atoms with E-state index in [0.717, 1.165) is 21.2 Å². The third-order valence-electron chi connectivity index (χ3n) is 5.65. The predicted octanol–water partition coefficient (Wildman–Crippen LogP) is 5.09. The second-order valence-corrected chi connectivity index (χ2v) is 11.1. The van der Waals surface area contributed by atoms with E-state index < -0.39 is 10.0 Å². The van der Waals surface area contributed by atoms with Crippen LogP contribution >= 0.6 is 11.5 Å². The number of anilines is 1. The molecule has 0 saturated carbocycles. The lowest BCUT2D eigenvalue weighted by Gasteiger charge is -2.24. The van der Waals surface area contributed by atoms with E-state index in [1.807, 2.05) is 61.5 Å². The van der Waals surface area contributed by atoms with E-state index in [-0.39, 0.29) is 23.9 Å². The Morgan fingerprint density at radius 2 is 1.71 bits per heavy atom. The number of nitrogens with zero attached hydrogens (tertiary/aromatic N) is 2. The highest BCUT2D eigenvalue weighted by molar-refractivity contribution is 7.89. The number of aromatic nitrogens is 1. The molecule has 6 nitrogen and oxygen atoms in total. The zero-order valence-electron chi connectivity index (χ0n) is 19.4. The van der Waals surface area contributed by atoms with Crippen molar-refractivity contribution in [1.29, 1.82) is 0 Å². The normalized spacial score (nSPS) is 11.8. The molecule has 0 aliphatic rings. The number of carbonyl (C=O) groups is 1. The highest BCUT2D eigenvalue weighted by Crippen LogP contribution is 2.26. The molecule has 0 unspecified atom stereocenters. The Kier molecular flexibility index (Phi) is 7.11. The quantitative estimate of drug-likeness (QED) is 0.371. The van der Waals surface area contributed by atoms with E-state index in [2.05, 4.69) is 9.69 Å². The fraction of sp³-hybridized carbons (Fsp3) is 0.231. The largest absolute Gasteiger partial charge is 0.325 e. The Labute approximate surface area is 204 Å². The van der Waals surface area contributed by atoms with Gasteiger partial charge in [0.25, 0.3) is 0 Å². The van der Waals surface area contributed by atoms with Gasteiger partial charge in [-0.1, -0.05) is 48.0 Å². The van der Waals surface area contributed by atoms with Gasteiger partial charge in [-0.15, -0.1) is 0 Å². The summed E-state index contributed by atoms with van der Waals surface area (Å²) in [6.07, 6.45) is 2.25. The van der Waals surface area contributed by atoms with Gasteiger partial charge in [-0.2, -0.15) is 8.68 Å². The average Bonchev–Trinajstić information content (AvgIpc) is 3.24. The first-order valence-electron chi connectivity index (χ1n) is 11.0. The molecule has 1 heterocycles. The minimum Gasteiger partial charge on any atom is -0.325 e. The summed E-state index contributed by atoms with van der Waals surface area (Å²) in [5, 5.41) is 3.78. The van der Waals surface area contributed by atoms with Crippen LogP contribution in [-0.4, -0.2) is 36.1 Å². The third-order valence-corrected chi connectivity index (χ3v) is 8.58. The van der Waals surface area contributed by atoms with Gasteiger partial charge < -0.3 is 5.32 Å². The summed E-state index contributed by atoms with van der Waals surface area (Å²) in [4.78, 5) is 13.2. The van der Waals surface area contributed by atoms with E-state index in [1.165, 1.54) is 15.8 Å². The standard InChI is InChI=1S/C26H27N3O3S2/c1-18-13-19(2)26(20(3)14-18)34(31,32)29(12-11-21-7-5-4-6-8-21)17-25(30)28-23-9-10-24-22(15-23)16-27-33-24/h4-10,13-16H,11-12,17H2,1-3H3,(H,28,30). The van der Waals surface area contributed by atoms with Crippen LogP contribution in [0, 0.1) is 20.8 Å². The van der Waals surface area contributed by atoms with Crippen molar-refractivity contribution in [2.75, 3.05) is 18.4 Å². The third kappa shape index (κ3) is 5.35. The number of hydrogen-bond acceptors (Lipinski definition) is 5. The van der Waals surface area contributed by atoms with Crippen LogP contribution in [0.1, 0.15) is 22.3 Å². The maximum atomic E-state index is 13.8. The summed E-state index contributed by atoms with van der Waals surface area (Å²) >= 11 is 1.38. The van der Waals surface area contributed by atoms with Crippen molar-refractivity contribution in [3.63, 3.8) is 0 Å². The Morgan fingerprint density at radius 3 is 2.41 bits per heavy atom. The average molecular weight is 494 g/mol. The molecule has 0 aliphatic carbocycles.